The first-order valence-corrected chi connectivity index (χ1v) is 11.0. The lowest BCUT2D eigenvalue weighted by atomic mass is 9.70. The summed E-state index contributed by atoms with van der Waals surface area (Å²) < 4.78 is 6.32. The van der Waals surface area contributed by atoms with Crippen molar-refractivity contribution in [3.63, 3.8) is 0 Å². The SMILES string of the molecule is CC[C@@H](CO)N1C(=O)[C@@H]2[C@@H](C(=O)NC)[C@H]3CCC2(O3)C1C(=O)Nc1cc(C)ccc1C. The molecule has 2 bridgehead atoms. The molecule has 8 heteroatoms. The van der Waals surface area contributed by atoms with Crippen LogP contribution in [0.1, 0.15) is 37.3 Å². The second kappa shape index (κ2) is 7.91. The third-order valence-corrected chi connectivity index (χ3v) is 7.26. The number of benzene rings is 1. The number of rotatable bonds is 6. The normalized spacial score (nSPS) is 32.2. The van der Waals surface area contributed by atoms with Crippen molar-refractivity contribution in [2.45, 2.75) is 63.8 Å². The Labute approximate surface area is 182 Å². The van der Waals surface area contributed by atoms with Crippen LogP contribution in [0.15, 0.2) is 18.2 Å². The first-order valence-electron chi connectivity index (χ1n) is 11.0. The molecule has 0 radical (unpaired) electrons. The van der Waals surface area contributed by atoms with Crippen molar-refractivity contribution in [2.75, 3.05) is 19.0 Å². The number of amides is 3. The van der Waals surface area contributed by atoms with E-state index in [1.807, 2.05) is 39.0 Å². The van der Waals surface area contributed by atoms with Gasteiger partial charge in [-0.3, -0.25) is 14.4 Å². The van der Waals surface area contributed by atoms with E-state index in [0.29, 0.717) is 24.9 Å². The Morgan fingerprint density at radius 2 is 2.06 bits per heavy atom. The molecule has 3 aliphatic rings. The first kappa shape index (κ1) is 21.8. The van der Waals surface area contributed by atoms with Crippen LogP contribution >= 0.6 is 0 Å². The predicted molar refractivity (Wildman–Crippen MR) is 114 cm³/mol. The number of ether oxygens (including phenoxy) is 1. The quantitative estimate of drug-likeness (QED) is 0.628. The van der Waals surface area contributed by atoms with Crippen molar-refractivity contribution in [3.05, 3.63) is 29.3 Å². The van der Waals surface area contributed by atoms with Gasteiger partial charge in [-0.05, 0) is 50.3 Å². The molecule has 0 aliphatic carbocycles. The number of aryl methyl sites for hydroxylation is 2. The maximum Gasteiger partial charge on any atom is 0.250 e. The Morgan fingerprint density at radius 3 is 2.71 bits per heavy atom. The van der Waals surface area contributed by atoms with Gasteiger partial charge in [-0.1, -0.05) is 19.1 Å². The zero-order valence-corrected chi connectivity index (χ0v) is 18.5. The van der Waals surface area contributed by atoms with E-state index in [0.717, 1.165) is 11.1 Å². The maximum atomic E-state index is 13.7. The summed E-state index contributed by atoms with van der Waals surface area (Å²) in [6.45, 7) is 5.47. The summed E-state index contributed by atoms with van der Waals surface area (Å²) >= 11 is 0. The minimum atomic E-state index is -1.05. The van der Waals surface area contributed by atoms with Crippen LogP contribution in [0.2, 0.25) is 0 Å². The molecule has 3 fully saturated rings. The number of likely N-dealkylation sites (tertiary alicyclic amines) is 1. The van der Waals surface area contributed by atoms with Crippen molar-refractivity contribution >= 4 is 23.4 Å². The molecule has 1 aromatic rings. The van der Waals surface area contributed by atoms with Crippen LogP contribution in [0.3, 0.4) is 0 Å². The van der Waals surface area contributed by atoms with Gasteiger partial charge in [0, 0.05) is 12.7 Å². The number of aliphatic hydroxyl groups is 1. The number of fused-ring (bicyclic) bond motifs is 1. The topological polar surface area (TPSA) is 108 Å². The monoisotopic (exact) mass is 429 g/mol. The standard InChI is InChI=1S/C23H31N3O5/c1-5-14(11-27)26-19(21(29)25-15-10-12(2)6-7-13(15)3)23-9-8-16(31-23)17(20(28)24-4)18(23)22(26)30/h6-7,10,14,16-19,27H,5,8-9,11H2,1-4H3,(H,24,28)(H,25,29)/t14-,16+,17-,18-,19?,23?/m0/s1. The maximum absolute atomic E-state index is 13.7. The van der Waals surface area contributed by atoms with Crippen LogP contribution < -0.4 is 10.6 Å². The zero-order chi connectivity index (χ0) is 22.5. The third kappa shape index (κ3) is 3.15. The van der Waals surface area contributed by atoms with Crippen molar-refractivity contribution in [3.8, 4) is 0 Å². The van der Waals surface area contributed by atoms with Gasteiger partial charge in [0.25, 0.3) is 0 Å². The number of anilines is 1. The molecule has 8 nitrogen and oxygen atoms in total. The van der Waals surface area contributed by atoms with E-state index in [-0.39, 0.29) is 30.4 Å². The van der Waals surface area contributed by atoms with E-state index >= 15 is 0 Å². The lowest BCUT2D eigenvalue weighted by Gasteiger charge is -2.36. The number of hydrogen-bond acceptors (Lipinski definition) is 5. The second-order valence-corrected chi connectivity index (χ2v) is 8.97. The molecule has 3 aliphatic heterocycles. The van der Waals surface area contributed by atoms with Crippen molar-refractivity contribution in [1.82, 2.24) is 10.2 Å². The molecule has 1 spiro atoms. The van der Waals surface area contributed by atoms with Gasteiger partial charge >= 0.3 is 0 Å². The van der Waals surface area contributed by atoms with Crippen LogP contribution in [0.5, 0.6) is 0 Å². The largest absolute Gasteiger partial charge is 0.394 e. The Hall–Kier alpha value is -2.45. The second-order valence-electron chi connectivity index (χ2n) is 8.97. The molecule has 31 heavy (non-hydrogen) atoms. The Bertz CT molecular complexity index is 914. The molecule has 2 unspecified atom stereocenters. The summed E-state index contributed by atoms with van der Waals surface area (Å²) in [5, 5.41) is 15.6. The van der Waals surface area contributed by atoms with Crippen LogP contribution in [0.25, 0.3) is 0 Å². The number of hydrogen-bond donors (Lipinski definition) is 3. The fourth-order valence-electron chi connectivity index (χ4n) is 5.74. The number of carbonyl (C=O) groups is 3. The Kier molecular flexibility index (Phi) is 5.55. The molecule has 0 aromatic heterocycles. The van der Waals surface area contributed by atoms with Crippen molar-refractivity contribution < 1.29 is 24.2 Å². The molecule has 1 aromatic carbocycles. The summed E-state index contributed by atoms with van der Waals surface area (Å²) in [6.07, 6.45) is 1.28. The van der Waals surface area contributed by atoms with Gasteiger partial charge in [0.2, 0.25) is 17.7 Å². The van der Waals surface area contributed by atoms with Gasteiger partial charge in [0.1, 0.15) is 11.6 Å². The highest BCUT2D eigenvalue weighted by atomic mass is 16.5. The molecule has 6 atom stereocenters. The zero-order valence-electron chi connectivity index (χ0n) is 18.5. The summed E-state index contributed by atoms with van der Waals surface area (Å²) in [5.74, 6) is -2.20. The number of carbonyl (C=O) groups excluding carboxylic acids is 3. The van der Waals surface area contributed by atoms with Crippen LogP contribution in [0, 0.1) is 25.7 Å². The molecule has 3 saturated heterocycles. The van der Waals surface area contributed by atoms with E-state index in [4.69, 9.17) is 4.74 Å². The highest BCUT2D eigenvalue weighted by molar-refractivity contribution is 6.04. The summed E-state index contributed by atoms with van der Waals surface area (Å²) in [7, 11) is 1.55. The van der Waals surface area contributed by atoms with E-state index in [2.05, 4.69) is 10.6 Å². The smallest absolute Gasteiger partial charge is 0.250 e. The van der Waals surface area contributed by atoms with E-state index in [1.54, 1.807) is 7.05 Å². The van der Waals surface area contributed by atoms with Crippen molar-refractivity contribution in [1.29, 1.82) is 0 Å². The highest BCUT2D eigenvalue weighted by Crippen LogP contribution is 2.58. The molecular formula is C23H31N3O5. The number of nitrogens with one attached hydrogen (secondary N) is 2. The van der Waals surface area contributed by atoms with Gasteiger partial charge in [0.05, 0.1) is 30.6 Å². The van der Waals surface area contributed by atoms with E-state index < -0.39 is 29.5 Å². The van der Waals surface area contributed by atoms with Gasteiger partial charge in [0.15, 0.2) is 0 Å². The van der Waals surface area contributed by atoms with Gasteiger partial charge in [-0.2, -0.15) is 0 Å². The molecule has 4 rings (SSSR count). The van der Waals surface area contributed by atoms with Crippen LogP contribution in [-0.4, -0.2) is 65.2 Å². The molecule has 0 saturated carbocycles. The fraction of sp³-hybridized carbons (Fsp3) is 0.609. The van der Waals surface area contributed by atoms with E-state index in [9.17, 15) is 19.5 Å². The molecule has 3 N–H and O–H groups in total. The van der Waals surface area contributed by atoms with Gasteiger partial charge < -0.3 is 25.4 Å². The summed E-state index contributed by atoms with van der Waals surface area (Å²) in [4.78, 5) is 41.4. The summed E-state index contributed by atoms with van der Waals surface area (Å²) in [6, 6.07) is 4.38. The van der Waals surface area contributed by atoms with Crippen molar-refractivity contribution in [2.24, 2.45) is 11.8 Å². The molecular weight excluding hydrogens is 398 g/mol. The number of aliphatic hydroxyl groups excluding tert-OH is 1. The van der Waals surface area contributed by atoms with Crippen LogP contribution in [0.4, 0.5) is 5.69 Å². The average molecular weight is 430 g/mol. The minimum Gasteiger partial charge on any atom is -0.394 e. The highest BCUT2D eigenvalue weighted by Gasteiger charge is 2.74. The molecule has 168 valence electrons. The molecule has 3 heterocycles. The van der Waals surface area contributed by atoms with Gasteiger partial charge in [-0.15, -0.1) is 0 Å². The summed E-state index contributed by atoms with van der Waals surface area (Å²) in [5.41, 5.74) is 1.56. The lowest BCUT2D eigenvalue weighted by Crippen LogP contribution is -2.56. The number of nitrogens with zero attached hydrogens (tertiary/aromatic N) is 1. The average Bonchev–Trinajstić information content (AvgIpc) is 3.39. The predicted octanol–water partition coefficient (Wildman–Crippen LogP) is 1.13. The molecule has 3 amide bonds. The third-order valence-electron chi connectivity index (χ3n) is 7.26. The Balaban J connectivity index is 1.76. The first-order chi connectivity index (χ1) is 14.8. The Morgan fingerprint density at radius 1 is 1.32 bits per heavy atom. The van der Waals surface area contributed by atoms with Gasteiger partial charge in [-0.25, -0.2) is 0 Å². The fourth-order valence-corrected chi connectivity index (χ4v) is 5.74. The van der Waals surface area contributed by atoms with Crippen LogP contribution in [-0.2, 0) is 19.1 Å². The minimum absolute atomic E-state index is 0.238. The van der Waals surface area contributed by atoms with E-state index in [1.165, 1.54) is 4.90 Å². The lowest BCUT2D eigenvalue weighted by molar-refractivity contribution is -0.144.